The first-order valence-electron chi connectivity index (χ1n) is 6.91. The van der Waals surface area contributed by atoms with E-state index in [9.17, 15) is 0 Å². The Morgan fingerprint density at radius 3 is 2.62 bits per heavy atom. The highest BCUT2D eigenvalue weighted by atomic mass is 32.2. The Labute approximate surface area is 106 Å². The molecular formula is C13H28N2S. The summed E-state index contributed by atoms with van der Waals surface area (Å²) in [6, 6.07) is 0.779. The van der Waals surface area contributed by atoms with E-state index in [1.807, 2.05) is 11.8 Å². The fourth-order valence-corrected chi connectivity index (χ4v) is 2.99. The smallest absolute Gasteiger partial charge is 0.0218 e. The van der Waals surface area contributed by atoms with Gasteiger partial charge >= 0.3 is 0 Å². The van der Waals surface area contributed by atoms with Gasteiger partial charge in [0.05, 0.1) is 0 Å². The molecule has 1 N–H and O–H groups in total. The van der Waals surface area contributed by atoms with Crippen molar-refractivity contribution in [3.05, 3.63) is 0 Å². The molecule has 0 amide bonds. The maximum Gasteiger partial charge on any atom is 0.0218 e. The molecule has 0 bridgehead atoms. The van der Waals surface area contributed by atoms with Crippen LogP contribution in [-0.2, 0) is 0 Å². The van der Waals surface area contributed by atoms with Crippen molar-refractivity contribution in [2.75, 3.05) is 37.7 Å². The lowest BCUT2D eigenvalue weighted by Gasteiger charge is -2.26. The summed E-state index contributed by atoms with van der Waals surface area (Å²) >= 11 is 2.05. The Bertz CT molecular complexity index is 158. The highest BCUT2D eigenvalue weighted by Crippen LogP contribution is 2.13. The van der Waals surface area contributed by atoms with Crippen LogP contribution in [0.2, 0.25) is 0 Å². The van der Waals surface area contributed by atoms with E-state index in [1.54, 1.807) is 0 Å². The van der Waals surface area contributed by atoms with Gasteiger partial charge in [0.15, 0.2) is 0 Å². The highest BCUT2D eigenvalue weighted by Gasteiger charge is 2.19. The van der Waals surface area contributed by atoms with Crippen molar-refractivity contribution >= 4 is 11.8 Å². The number of thioether (sulfide) groups is 1. The topological polar surface area (TPSA) is 15.3 Å². The van der Waals surface area contributed by atoms with Gasteiger partial charge in [0, 0.05) is 12.6 Å². The van der Waals surface area contributed by atoms with E-state index >= 15 is 0 Å². The molecule has 1 aliphatic heterocycles. The van der Waals surface area contributed by atoms with Crippen molar-refractivity contribution in [3.8, 4) is 0 Å². The van der Waals surface area contributed by atoms with Gasteiger partial charge < -0.3 is 5.32 Å². The third-order valence-electron chi connectivity index (χ3n) is 3.35. The minimum Gasteiger partial charge on any atom is -0.315 e. The summed E-state index contributed by atoms with van der Waals surface area (Å²) in [4.78, 5) is 2.66. The number of hydrogen-bond acceptors (Lipinski definition) is 3. The second-order valence-electron chi connectivity index (χ2n) is 4.56. The lowest BCUT2D eigenvalue weighted by atomic mass is 10.2. The van der Waals surface area contributed by atoms with Crippen molar-refractivity contribution in [2.24, 2.45) is 0 Å². The number of nitrogens with zero attached hydrogens (tertiary/aromatic N) is 1. The predicted octanol–water partition coefficient (Wildman–Crippen LogP) is 2.59. The van der Waals surface area contributed by atoms with E-state index in [4.69, 9.17) is 0 Å². The van der Waals surface area contributed by atoms with Crippen LogP contribution in [0.3, 0.4) is 0 Å². The standard InChI is InChI=1S/C13H28N2S/c1-3-13(15-9-5-6-10-15)12-14-8-7-11-16-4-2/h13-14H,3-12H2,1-2H3. The van der Waals surface area contributed by atoms with Gasteiger partial charge in [-0.05, 0) is 56.8 Å². The summed E-state index contributed by atoms with van der Waals surface area (Å²) in [5.74, 6) is 2.56. The van der Waals surface area contributed by atoms with Crippen LogP contribution in [0.4, 0.5) is 0 Å². The van der Waals surface area contributed by atoms with Crippen molar-refractivity contribution in [1.29, 1.82) is 0 Å². The molecule has 0 aromatic rings. The third kappa shape index (κ3) is 5.55. The summed E-state index contributed by atoms with van der Waals surface area (Å²) in [7, 11) is 0. The van der Waals surface area contributed by atoms with Gasteiger partial charge in [-0.2, -0.15) is 11.8 Å². The molecule has 1 fully saturated rings. The summed E-state index contributed by atoms with van der Waals surface area (Å²) in [5.41, 5.74) is 0. The molecule has 0 aromatic carbocycles. The van der Waals surface area contributed by atoms with Gasteiger partial charge in [0.25, 0.3) is 0 Å². The Morgan fingerprint density at radius 2 is 2.00 bits per heavy atom. The highest BCUT2D eigenvalue weighted by molar-refractivity contribution is 7.99. The fraction of sp³-hybridized carbons (Fsp3) is 1.00. The van der Waals surface area contributed by atoms with E-state index in [-0.39, 0.29) is 0 Å². The quantitative estimate of drug-likeness (QED) is 0.628. The summed E-state index contributed by atoms with van der Waals surface area (Å²) in [5, 5.41) is 3.62. The number of likely N-dealkylation sites (tertiary alicyclic amines) is 1. The van der Waals surface area contributed by atoms with E-state index in [0.717, 1.165) is 6.04 Å². The minimum absolute atomic E-state index is 0.779. The van der Waals surface area contributed by atoms with Crippen molar-refractivity contribution in [1.82, 2.24) is 10.2 Å². The average molecular weight is 244 g/mol. The molecule has 16 heavy (non-hydrogen) atoms. The number of hydrogen-bond donors (Lipinski definition) is 1. The molecule has 0 radical (unpaired) electrons. The zero-order chi connectivity index (χ0) is 11.6. The molecule has 0 spiro atoms. The molecule has 1 heterocycles. The number of rotatable bonds is 9. The van der Waals surface area contributed by atoms with Crippen LogP contribution >= 0.6 is 11.8 Å². The van der Waals surface area contributed by atoms with E-state index in [0.29, 0.717) is 0 Å². The van der Waals surface area contributed by atoms with Crippen LogP contribution in [0.25, 0.3) is 0 Å². The minimum atomic E-state index is 0.779. The van der Waals surface area contributed by atoms with E-state index < -0.39 is 0 Å². The van der Waals surface area contributed by atoms with Gasteiger partial charge in [-0.1, -0.05) is 13.8 Å². The van der Waals surface area contributed by atoms with Crippen LogP contribution in [0, 0.1) is 0 Å². The Balaban J connectivity index is 2.00. The van der Waals surface area contributed by atoms with Crippen LogP contribution in [0.1, 0.15) is 39.5 Å². The molecule has 1 atom stereocenters. The predicted molar refractivity (Wildman–Crippen MR) is 75.4 cm³/mol. The fourth-order valence-electron chi connectivity index (χ4n) is 2.35. The summed E-state index contributed by atoms with van der Waals surface area (Å²) < 4.78 is 0. The SMILES string of the molecule is CCSCCCNCC(CC)N1CCCC1. The van der Waals surface area contributed by atoms with Crippen LogP contribution in [0.5, 0.6) is 0 Å². The van der Waals surface area contributed by atoms with Crippen molar-refractivity contribution in [3.63, 3.8) is 0 Å². The van der Waals surface area contributed by atoms with Gasteiger partial charge in [-0.15, -0.1) is 0 Å². The molecule has 1 aliphatic rings. The van der Waals surface area contributed by atoms with E-state index in [1.165, 1.54) is 63.4 Å². The first kappa shape index (κ1) is 14.3. The Morgan fingerprint density at radius 1 is 1.25 bits per heavy atom. The molecule has 0 aliphatic carbocycles. The zero-order valence-corrected chi connectivity index (χ0v) is 11.8. The molecule has 1 saturated heterocycles. The lowest BCUT2D eigenvalue weighted by molar-refractivity contribution is 0.230. The van der Waals surface area contributed by atoms with Gasteiger partial charge in [-0.3, -0.25) is 4.90 Å². The largest absolute Gasteiger partial charge is 0.315 e. The number of nitrogens with one attached hydrogen (secondary N) is 1. The maximum atomic E-state index is 3.62. The normalized spacial score (nSPS) is 19.1. The molecule has 1 unspecified atom stereocenters. The molecule has 2 nitrogen and oxygen atoms in total. The molecular weight excluding hydrogens is 216 g/mol. The summed E-state index contributed by atoms with van der Waals surface area (Å²) in [6.45, 7) is 9.58. The van der Waals surface area contributed by atoms with Crippen molar-refractivity contribution in [2.45, 2.75) is 45.6 Å². The van der Waals surface area contributed by atoms with Crippen LogP contribution in [-0.4, -0.2) is 48.6 Å². The second-order valence-corrected chi connectivity index (χ2v) is 5.95. The summed E-state index contributed by atoms with van der Waals surface area (Å²) in [6.07, 6.45) is 5.42. The maximum absolute atomic E-state index is 3.62. The second kappa shape index (κ2) is 9.32. The molecule has 0 saturated carbocycles. The molecule has 1 rings (SSSR count). The molecule has 3 heteroatoms. The third-order valence-corrected chi connectivity index (χ3v) is 4.34. The monoisotopic (exact) mass is 244 g/mol. The Kier molecular flexibility index (Phi) is 8.34. The van der Waals surface area contributed by atoms with Gasteiger partial charge in [0.1, 0.15) is 0 Å². The Hall–Kier alpha value is 0.270. The first-order chi connectivity index (χ1) is 7.88. The molecule has 96 valence electrons. The van der Waals surface area contributed by atoms with Crippen LogP contribution < -0.4 is 5.32 Å². The first-order valence-corrected chi connectivity index (χ1v) is 8.06. The lowest BCUT2D eigenvalue weighted by Crippen LogP contribution is -2.40. The molecule has 0 aromatic heterocycles. The van der Waals surface area contributed by atoms with Crippen molar-refractivity contribution < 1.29 is 0 Å². The van der Waals surface area contributed by atoms with Gasteiger partial charge in [-0.25, -0.2) is 0 Å². The average Bonchev–Trinajstić information content (AvgIpc) is 2.82. The zero-order valence-electron chi connectivity index (χ0n) is 11.0. The van der Waals surface area contributed by atoms with E-state index in [2.05, 4.69) is 24.1 Å². The van der Waals surface area contributed by atoms with Crippen LogP contribution in [0.15, 0.2) is 0 Å². The van der Waals surface area contributed by atoms with Gasteiger partial charge in [0.2, 0.25) is 0 Å².